The molecule has 0 aromatic heterocycles. The summed E-state index contributed by atoms with van der Waals surface area (Å²) in [7, 11) is 3.73. The average molecular weight is 314 g/mol. The van der Waals surface area contributed by atoms with Crippen molar-refractivity contribution in [2.75, 3.05) is 27.4 Å². The summed E-state index contributed by atoms with van der Waals surface area (Å²) in [6.07, 6.45) is 2.09. The zero-order valence-electron chi connectivity index (χ0n) is 10.9. The molecule has 1 aliphatic heterocycles. The Morgan fingerprint density at radius 2 is 2.33 bits per heavy atom. The van der Waals surface area contributed by atoms with Crippen LogP contribution in [-0.4, -0.2) is 33.4 Å². The van der Waals surface area contributed by atoms with Crippen molar-refractivity contribution in [3.05, 3.63) is 28.2 Å². The molecule has 1 fully saturated rings. The van der Waals surface area contributed by atoms with Crippen LogP contribution in [0.25, 0.3) is 0 Å². The minimum atomic E-state index is 0.521. The Morgan fingerprint density at radius 1 is 1.50 bits per heavy atom. The molecule has 0 radical (unpaired) electrons. The van der Waals surface area contributed by atoms with Gasteiger partial charge in [-0.2, -0.15) is 0 Å². The van der Waals surface area contributed by atoms with Crippen LogP contribution in [0.3, 0.4) is 0 Å². The number of methoxy groups -OCH3 is 1. The summed E-state index contributed by atoms with van der Waals surface area (Å²) in [5.74, 6) is 1.43. The zero-order chi connectivity index (χ0) is 13.0. The Morgan fingerprint density at radius 3 is 3.06 bits per heavy atom. The molecule has 0 saturated carbocycles. The first-order chi connectivity index (χ1) is 8.74. The Kier molecular flexibility index (Phi) is 5.03. The van der Waals surface area contributed by atoms with Gasteiger partial charge in [0.1, 0.15) is 5.75 Å². The van der Waals surface area contributed by atoms with Crippen molar-refractivity contribution in [3.63, 3.8) is 0 Å². The Balaban J connectivity index is 2.11. The van der Waals surface area contributed by atoms with E-state index in [2.05, 4.69) is 27.3 Å². The molecule has 0 bridgehead atoms. The molecule has 1 saturated heterocycles. The van der Waals surface area contributed by atoms with E-state index >= 15 is 0 Å². The van der Waals surface area contributed by atoms with Crippen LogP contribution in [0.15, 0.2) is 22.7 Å². The van der Waals surface area contributed by atoms with Crippen LogP contribution >= 0.6 is 15.9 Å². The predicted molar refractivity (Wildman–Crippen MR) is 76.2 cm³/mol. The maximum absolute atomic E-state index is 5.60. The van der Waals surface area contributed by atoms with E-state index < -0.39 is 0 Å². The van der Waals surface area contributed by atoms with Crippen LogP contribution in [0.2, 0.25) is 0 Å². The van der Waals surface area contributed by atoms with Gasteiger partial charge in [-0.15, -0.1) is 0 Å². The molecule has 1 aromatic rings. The highest BCUT2D eigenvalue weighted by atomic mass is 79.9. The van der Waals surface area contributed by atoms with Gasteiger partial charge in [0.25, 0.3) is 0 Å². The second-order valence-electron chi connectivity index (χ2n) is 4.68. The summed E-state index contributed by atoms with van der Waals surface area (Å²) in [6, 6.07) is 6.66. The van der Waals surface area contributed by atoms with Crippen LogP contribution in [0.5, 0.6) is 5.75 Å². The standard InChI is InChI=1S/C14H20BrNO2/c1-16-14-5-6-18-9-11(14)7-10-8-12(17-2)3-4-13(10)15/h3-4,8,11,14,16H,5-7,9H2,1-2H3. The molecule has 4 heteroatoms. The van der Waals surface area contributed by atoms with Crippen molar-refractivity contribution in [2.24, 2.45) is 5.92 Å². The molecule has 2 unspecified atom stereocenters. The number of benzene rings is 1. The average Bonchev–Trinajstić information content (AvgIpc) is 2.42. The number of ether oxygens (including phenoxy) is 2. The van der Waals surface area contributed by atoms with E-state index in [1.807, 2.05) is 19.2 Å². The molecule has 100 valence electrons. The molecule has 2 atom stereocenters. The van der Waals surface area contributed by atoms with Gasteiger partial charge in [-0.1, -0.05) is 15.9 Å². The van der Waals surface area contributed by atoms with E-state index in [1.165, 1.54) is 5.56 Å². The van der Waals surface area contributed by atoms with Gasteiger partial charge in [0, 0.05) is 23.0 Å². The third-order valence-electron chi connectivity index (χ3n) is 3.58. The molecule has 3 nitrogen and oxygen atoms in total. The minimum Gasteiger partial charge on any atom is -0.497 e. The van der Waals surface area contributed by atoms with Crippen molar-refractivity contribution < 1.29 is 9.47 Å². The second-order valence-corrected chi connectivity index (χ2v) is 5.53. The first-order valence-electron chi connectivity index (χ1n) is 6.32. The monoisotopic (exact) mass is 313 g/mol. The summed E-state index contributed by atoms with van der Waals surface area (Å²) in [5.41, 5.74) is 1.28. The maximum Gasteiger partial charge on any atom is 0.119 e. The highest BCUT2D eigenvalue weighted by Crippen LogP contribution is 2.27. The number of hydrogen-bond donors (Lipinski definition) is 1. The van der Waals surface area contributed by atoms with Crippen LogP contribution < -0.4 is 10.1 Å². The summed E-state index contributed by atoms with van der Waals surface area (Å²) < 4.78 is 12.0. The highest BCUT2D eigenvalue weighted by molar-refractivity contribution is 9.10. The van der Waals surface area contributed by atoms with E-state index in [-0.39, 0.29) is 0 Å². The number of hydrogen-bond acceptors (Lipinski definition) is 3. The van der Waals surface area contributed by atoms with E-state index in [0.717, 1.165) is 36.3 Å². The van der Waals surface area contributed by atoms with Crippen LogP contribution in [0.1, 0.15) is 12.0 Å². The maximum atomic E-state index is 5.60. The van der Waals surface area contributed by atoms with Crippen LogP contribution in [-0.2, 0) is 11.2 Å². The van der Waals surface area contributed by atoms with Crippen molar-refractivity contribution in [1.82, 2.24) is 5.32 Å². The number of halogens is 1. The summed E-state index contributed by atoms with van der Waals surface area (Å²) in [6.45, 7) is 1.69. The smallest absolute Gasteiger partial charge is 0.119 e. The molecule has 0 amide bonds. The first kappa shape index (κ1) is 13.8. The molecular formula is C14H20BrNO2. The van der Waals surface area contributed by atoms with Gasteiger partial charge in [-0.25, -0.2) is 0 Å². The van der Waals surface area contributed by atoms with Crippen molar-refractivity contribution in [2.45, 2.75) is 18.9 Å². The molecular weight excluding hydrogens is 294 g/mol. The SMILES string of the molecule is CNC1CCOCC1Cc1cc(OC)ccc1Br. The fraction of sp³-hybridized carbons (Fsp3) is 0.571. The Labute approximate surface area is 117 Å². The lowest BCUT2D eigenvalue weighted by molar-refractivity contribution is 0.0341. The third kappa shape index (κ3) is 3.25. The van der Waals surface area contributed by atoms with Gasteiger partial charge in [0.15, 0.2) is 0 Å². The van der Waals surface area contributed by atoms with Gasteiger partial charge < -0.3 is 14.8 Å². The van der Waals surface area contributed by atoms with Gasteiger partial charge in [0.2, 0.25) is 0 Å². The molecule has 2 rings (SSSR count). The van der Waals surface area contributed by atoms with E-state index in [4.69, 9.17) is 9.47 Å². The molecule has 1 N–H and O–H groups in total. The largest absolute Gasteiger partial charge is 0.497 e. The van der Waals surface area contributed by atoms with Crippen molar-refractivity contribution in [3.8, 4) is 5.75 Å². The van der Waals surface area contributed by atoms with Gasteiger partial charge >= 0.3 is 0 Å². The lowest BCUT2D eigenvalue weighted by Crippen LogP contribution is -2.41. The van der Waals surface area contributed by atoms with Crippen molar-refractivity contribution >= 4 is 15.9 Å². The van der Waals surface area contributed by atoms with Gasteiger partial charge in [0.05, 0.1) is 13.7 Å². The molecule has 0 aliphatic carbocycles. The topological polar surface area (TPSA) is 30.5 Å². The summed E-state index contributed by atoms with van der Waals surface area (Å²) in [5, 5.41) is 3.40. The van der Waals surface area contributed by atoms with E-state index in [9.17, 15) is 0 Å². The highest BCUT2D eigenvalue weighted by Gasteiger charge is 2.25. The predicted octanol–water partition coefficient (Wildman–Crippen LogP) is 2.62. The Bertz CT molecular complexity index is 397. The molecule has 18 heavy (non-hydrogen) atoms. The first-order valence-corrected chi connectivity index (χ1v) is 7.11. The van der Waals surface area contributed by atoms with Gasteiger partial charge in [-0.3, -0.25) is 0 Å². The molecule has 0 spiro atoms. The quantitative estimate of drug-likeness (QED) is 0.927. The second kappa shape index (κ2) is 6.55. The van der Waals surface area contributed by atoms with Crippen LogP contribution in [0, 0.1) is 5.92 Å². The normalized spacial score (nSPS) is 23.9. The molecule has 1 aromatic carbocycles. The summed E-state index contributed by atoms with van der Waals surface area (Å²) in [4.78, 5) is 0. The van der Waals surface area contributed by atoms with Gasteiger partial charge in [-0.05, 0) is 43.7 Å². The van der Waals surface area contributed by atoms with E-state index in [0.29, 0.717) is 12.0 Å². The lowest BCUT2D eigenvalue weighted by atomic mass is 9.89. The zero-order valence-corrected chi connectivity index (χ0v) is 12.5. The summed E-state index contributed by atoms with van der Waals surface area (Å²) >= 11 is 3.61. The van der Waals surface area contributed by atoms with E-state index in [1.54, 1.807) is 7.11 Å². The fourth-order valence-corrected chi connectivity index (χ4v) is 2.90. The molecule has 1 aliphatic rings. The van der Waals surface area contributed by atoms with Crippen molar-refractivity contribution in [1.29, 1.82) is 0 Å². The van der Waals surface area contributed by atoms with Crippen LogP contribution in [0.4, 0.5) is 0 Å². The third-order valence-corrected chi connectivity index (χ3v) is 4.35. The lowest BCUT2D eigenvalue weighted by Gasteiger charge is -2.31. The number of nitrogens with one attached hydrogen (secondary N) is 1. The Hall–Kier alpha value is -0.580. The molecule has 1 heterocycles. The number of rotatable bonds is 4. The fourth-order valence-electron chi connectivity index (χ4n) is 2.50. The minimum absolute atomic E-state index is 0.521.